The van der Waals surface area contributed by atoms with Crippen LogP contribution in [0.3, 0.4) is 0 Å². The highest BCUT2D eigenvalue weighted by Crippen LogP contribution is 2.71. The van der Waals surface area contributed by atoms with Crippen LogP contribution in [0.25, 0.3) is 10.8 Å². The molecule has 8 heteroatoms. The predicted molar refractivity (Wildman–Crippen MR) is 170 cm³/mol. The number of carbonyl (C=O) groups is 3. The first-order valence-electron chi connectivity index (χ1n) is 15.1. The van der Waals surface area contributed by atoms with Crippen molar-refractivity contribution >= 4 is 45.9 Å². The van der Waals surface area contributed by atoms with Gasteiger partial charge in [-0.25, -0.2) is 0 Å². The lowest BCUT2D eigenvalue weighted by atomic mass is 9.66. The molecule has 0 aliphatic carbocycles. The minimum Gasteiger partial charge on any atom is -0.396 e. The Hall–Kier alpha value is -3.10. The van der Waals surface area contributed by atoms with Crippen LogP contribution < -0.4 is 4.90 Å². The molecule has 3 heterocycles. The Labute approximate surface area is 253 Å². The van der Waals surface area contributed by atoms with Crippen LogP contribution >= 0.6 is 11.8 Å². The number of aliphatic hydroxyl groups is 1. The van der Waals surface area contributed by atoms with Crippen LogP contribution in [0.2, 0.25) is 0 Å². The molecular formula is C34H43N3O4S. The van der Waals surface area contributed by atoms with Crippen molar-refractivity contribution < 1.29 is 19.5 Å². The molecule has 2 aromatic rings. The zero-order valence-electron chi connectivity index (χ0n) is 24.8. The van der Waals surface area contributed by atoms with Crippen LogP contribution in [-0.2, 0) is 14.4 Å². The molecule has 1 spiro atoms. The van der Waals surface area contributed by atoms with Gasteiger partial charge < -0.3 is 19.8 Å². The number of aliphatic hydroxyl groups excluding tert-OH is 1. The SMILES string of the molecule is C=CCN(C)C(=O)[C@@H]1[C@H]2C(=O)N(CCCCCCO)C(C(=O)N(CC=C)c3ccc4ccccc4c3)C23CC[C@@]1(C)S3. The summed E-state index contributed by atoms with van der Waals surface area (Å²) in [6.07, 6.45) is 8.13. The number of hydrogen-bond acceptors (Lipinski definition) is 5. The zero-order chi connectivity index (χ0) is 30.1. The quantitative estimate of drug-likeness (QED) is 0.262. The third-order valence-electron chi connectivity index (χ3n) is 9.49. The first-order valence-corrected chi connectivity index (χ1v) is 15.9. The van der Waals surface area contributed by atoms with E-state index in [4.69, 9.17) is 0 Å². The van der Waals surface area contributed by atoms with E-state index in [2.05, 4.69) is 20.1 Å². The topological polar surface area (TPSA) is 81.2 Å². The molecule has 3 aliphatic heterocycles. The number of carbonyl (C=O) groups excluding carboxylic acids is 3. The highest BCUT2D eigenvalue weighted by atomic mass is 32.2. The van der Waals surface area contributed by atoms with Gasteiger partial charge in [0.05, 0.1) is 16.6 Å². The van der Waals surface area contributed by atoms with E-state index in [-0.39, 0.29) is 24.3 Å². The number of rotatable bonds is 13. The average molecular weight is 590 g/mol. The van der Waals surface area contributed by atoms with E-state index < -0.39 is 27.4 Å². The van der Waals surface area contributed by atoms with Crippen molar-refractivity contribution in [1.29, 1.82) is 0 Å². The number of amides is 3. The van der Waals surface area contributed by atoms with Crippen LogP contribution in [0.1, 0.15) is 45.4 Å². The number of fused-ring (bicyclic) bond motifs is 2. The molecule has 0 aromatic heterocycles. The standard InChI is InChI=1S/C34H43N3O4S/c1-5-19-35(4)30(39)27-28-31(40)37(21-11-7-8-12-22-38)29(34(28)18-17-33(27,3)42-34)32(41)36(20-6-2)26-16-15-24-13-9-10-14-25(24)23-26/h5-6,9-10,13-16,23,27-29,38H,1-2,7-8,11-12,17-22H2,3-4H3/t27-,28-,29?,33+,34?/m0/s1. The van der Waals surface area contributed by atoms with Gasteiger partial charge in [0.25, 0.3) is 5.91 Å². The minimum absolute atomic E-state index is 0.0432. The van der Waals surface area contributed by atoms with Crippen LogP contribution in [0.4, 0.5) is 5.69 Å². The van der Waals surface area contributed by atoms with Crippen LogP contribution in [-0.4, -0.2) is 81.5 Å². The Kier molecular flexibility index (Phi) is 8.86. The van der Waals surface area contributed by atoms with Crippen molar-refractivity contribution in [1.82, 2.24) is 9.80 Å². The molecule has 3 fully saturated rings. The molecule has 2 unspecified atom stereocenters. The van der Waals surface area contributed by atoms with Crippen molar-refractivity contribution in [2.24, 2.45) is 11.8 Å². The molecule has 224 valence electrons. The van der Waals surface area contributed by atoms with Crippen molar-refractivity contribution in [3.05, 3.63) is 67.8 Å². The molecule has 2 bridgehead atoms. The monoisotopic (exact) mass is 589 g/mol. The molecule has 5 atom stereocenters. The molecule has 0 radical (unpaired) electrons. The molecule has 1 N–H and O–H groups in total. The fraction of sp³-hybridized carbons (Fsp3) is 0.500. The van der Waals surface area contributed by atoms with E-state index in [0.717, 1.165) is 55.0 Å². The zero-order valence-corrected chi connectivity index (χ0v) is 25.7. The van der Waals surface area contributed by atoms with E-state index >= 15 is 0 Å². The molecular weight excluding hydrogens is 546 g/mol. The highest BCUT2D eigenvalue weighted by molar-refractivity contribution is 8.02. The third kappa shape index (κ3) is 5.06. The number of nitrogens with zero attached hydrogens (tertiary/aromatic N) is 3. The smallest absolute Gasteiger partial charge is 0.251 e. The summed E-state index contributed by atoms with van der Waals surface area (Å²) in [5, 5.41) is 11.3. The maximum absolute atomic E-state index is 14.8. The van der Waals surface area contributed by atoms with E-state index in [0.29, 0.717) is 19.6 Å². The number of unbranched alkanes of at least 4 members (excludes halogenated alkanes) is 3. The fourth-order valence-corrected chi connectivity index (χ4v) is 9.88. The van der Waals surface area contributed by atoms with E-state index in [1.165, 1.54) is 0 Å². The highest BCUT2D eigenvalue weighted by Gasteiger charge is 2.77. The van der Waals surface area contributed by atoms with E-state index in [1.54, 1.807) is 45.7 Å². The Bertz CT molecular complexity index is 1380. The van der Waals surface area contributed by atoms with Gasteiger partial charge in [-0.15, -0.1) is 24.9 Å². The lowest BCUT2D eigenvalue weighted by Crippen LogP contribution is -2.55. The molecule has 0 saturated carbocycles. The molecule has 3 amide bonds. The summed E-state index contributed by atoms with van der Waals surface area (Å²) in [6, 6.07) is 13.4. The average Bonchev–Trinajstić information content (AvgIpc) is 3.55. The number of benzene rings is 2. The summed E-state index contributed by atoms with van der Waals surface area (Å²) in [6.45, 7) is 11.2. The maximum atomic E-state index is 14.8. The Balaban J connectivity index is 1.55. The van der Waals surface area contributed by atoms with Crippen LogP contribution in [0, 0.1) is 11.8 Å². The van der Waals surface area contributed by atoms with E-state index in [9.17, 15) is 19.5 Å². The number of thioether (sulfide) groups is 1. The van der Waals surface area contributed by atoms with Gasteiger partial charge in [0.15, 0.2) is 0 Å². The number of likely N-dealkylation sites (tertiary alicyclic amines) is 1. The van der Waals surface area contributed by atoms with Crippen LogP contribution in [0.5, 0.6) is 0 Å². The predicted octanol–water partition coefficient (Wildman–Crippen LogP) is 5.04. The summed E-state index contributed by atoms with van der Waals surface area (Å²) in [5.74, 6) is -1.26. The Morgan fingerprint density at radius 3 is 2.45 bits per heavy atom. The van der Waals surface area contributed by atoms with Gasteiger partial charge in [-0.3, -0.25) is 14.4 Å². The Morgan fingerprint density at radius 1 is 1.02 bits per heavy atom. The summed E-state index contributed by atoms with van der Waals surface area (Å²) in [4.78, 5) is 48.4. The van der Waals surface area contributed by atoms with Gasteiger partial charge in [-0.1, -0.05) is 55.3 Å². The van der Waals surface area contributed by atoms with Crippen molar-refractivity contribution in [3.8, 4) is 0 Å². The minimum atomic E-state index is -0.673. The normalized spacial score (nSPS) is 27.7. The van der Waals surface area contributed by atoms with Gasteiger partial charge >= 0.3 is 0 Å². The lowest BCUT2D eigenvalue weighted by molar-refractivity contribution is -0.144. The molecule has 3 aliphatic rings. The summed E-state index contributed by atoms with van der Waals surface area (Å²) in [5.41, 5.74) is 0.774. The third-order valence-corrected chi connectivity index (χ3v) is 11.5. The fourth-order valence-electron chi connectivity index (χ4n) is 7.53. The second-order valence-electron chi connectivity index (χ2n) is 12.2. The molecule has 3 saturated heterocycles. The van der Waals surface area contributed by atoms with Gasteiger partial charge in [0.1, 0.15) is 6.04 Å². The van der Waals surface area contributed by atoms with E-state index in [1.807, 2.05) is 42.5 Å². The number of anilines is 1. The summed E-state index contributed by atoms with van der Waals surface area (Å²) >= 11 is 1.71. The molecule has 7 nitrogen and oxygen atoms in total. The van der Waals surface area contributed by atoms with Gasteiger partial charge in [-0.05, 0) is 55.5 Å². The summed E-state index contributed by atoms with van der Waals surface area (Å²) < 4.78 is -1.08. The van der Waals surface area contributed by atoms with Gasteiger partial charge in [-0.2, -0.15) is 0 Å². The second-order valence-corrected chi connectivity index (χ2v) is 14.1. The lowest BCUT2D eigenvalue weighted by Gasteiger charge is -2.38. The summed E-state index contributed by atoms with van der Waals surface area (Å²) in [7, 11) is 1.77. The van der Waals surface area contributed by atoms with Crippen molar-refractivity contribution in [2.45, 2.75) is 61.0 Å². The molecule has 2 aromatic carbocycles. The number of hydrogen-bond donors (Lipinski definition) is 1. The molecule has 42 heavy (non-hydrogen) atoms. The second kappa shape index (κ2) is 12.3. The largest absolute Gasteiger partial charge is 0.396 e. The van der Waals surface area contributed by atoms with Gasteiger partial charge in [0.2, 0.25) is 11.8 Å². The van der Waals surface area contributed by atoms with Gasteiger partial charge in [0, 0.05) is 43.7 Å². The number of likely N-dealkylation sites (N-methyl/N-ethyl adjacent to an activating group) is 1. The molecule has 5 rings (SSSR count). The first-order chi connectivity index (χ1) is 20.2. The van der Waals surface area contributed by atoms with Crippen LogP contribution in [0.15, 0.2) is 67.8 Å². The van der Waals surface area contributed by atoms with Crippen molar-refractivity contribution in [2.75, 3.05) is 38.2 Å². The maximum Gasteiger partial charge on any atom is 0.251 e. The Morgan fingerprint density at radius 2 is 1.74 bits per heavy atom. The first kappa shape index (κ1) is 30.4. The van der Waals surface area contributed by atoms with Crippen molar-refractivity contribution in [3.63, 3.8) is 0 Å².